The Hall–Kier alpha value is -1.75. The highest BCUT2D eigenvalue weighted by Crippen LogP contribution is 2.43. The molecule has 3 rings (SSSR count). The van der Waals surface area contributed by atoms with Crippen molar-refractivity contribution in [1.29, 1.82) is 0 Å². The van der Waals surface area contributed by atoms with Gasteiger partial charge in [0.15, 0.2) is 11.5 Å². The van der Waals surface area contributed by atoms with Gasteiger partial charge in [-0.25, -0.2) is 0 Å². The number of hydrogen-bond donors (Lipinski definition) is 1. The molecule has 5 heteroatoms. The number of aromatic hydroxyl groups is 1. The number of phenolic OH excluding ortho intramolecular Hbond substituents is 1. The number of benzene rings is 1. The first-order valence-corrected chi connectivity index (χ1v) is 7.39. The number of carbonyl (C=O) groups is 1. The minimum Gasteiger partial charge on any atom is -0.504 e. The van der Waals surface area contributed by atoms with Crippen molar-refractivity contribution in [2.75, 3.05) is 26.9 Å². The van der Waals surface area contributed by atoms with Crippen LogP contribution >= 0.6 is 0 Å². The van der Waals surface area contributed by atoms with Crippen LogP contribution in [0, 0.1) is 0 Å². The fourth-order valence-electron chi connectivity index (χ4n) is 2.95. The molecule has 0 atom stereocenters. The maximum absolute atomic E-state index is 12.6. The Morgan fingerprint density at radius 2 is 2.29 bits per heavy atom. The number of nitrogens with zero attached hydrogens (tertiary/aromatic N) is 1. The van der Waals surface area contributed by atoms with Gasteiger partial charge in [0.05, 0.1) is 25.7 Å². The van der Waals surface area contributed by atoms with Gasteiger partial charge in [0.2, 0.25) is 5.91 Å². The minimum absolute atomic E-state index is 0.0470. The van der Waals surface area contributed by atoms with Gasteiger partial charge >= 0.3 is 0 Å². The van der Waals surface area contributed by atoms with Crippen LogP contribution in [0.3, 0.4) is 0 Å². The molecule has 1 saturated heterocycles. The van der Waals surface area contributed by atoms with E-state index in [0.717, 1.165) is 38.0 Å². The van der Waals surface area contributed by atoms with E-state index in [4.69, 9.17) is 9.47 Å². The Labute approximate surface area is 124 Å². The van der Waals surface area contributed by atoms with Crippen LogP contribution in [0.5, 0.6) is 11.5 Å². The van der Waals surface area contributed by atoms with Crippen molar-refractivity contribution >= 4 is 5.91 Å². The second-order valence-corrected chi connectivity index (χ2v) is 5.86. The molecule has 114 valence electrons. The van der Waals surface area contributed by atoms with Crippen molar-refractivity contribution in [3.8, 4) is 11.5 Å². The molecular weight excluding hydrogens is 270 g/mol. The van der Waals surface area contributed by atoms with Crippen molar-refractivity contribution in [1.82, 2.24) is 4.90 Å². The normalized spacial score (nSPS) is 20.1. The second-order valence-electron chi connectivity index (χ2n) is 5.86. The van der Waals surface area contributed by atoms with E-state index in [2.05, 4.69) is 0 Å². The van der Waals surface area contributed by atoms with Crippen LogP contribution < -0.4 is 4.74 Å². The highest BCUT2D eigenvalue weighted by molar-refractivity contribution is 5.80. The van der Waals surface area contributed by atoms with Gasteiger partial charge in [-0.1, -0.05) is 6.07 Å². The summed E-state index contributed by atoms with van der Waals surface area (Å²) in [6.45, 7) is 2.17. The maximum atomic E-state index is 12.6. The number of rotatable bonds is 3. The Bertz CT molecular complexity index is 539. The third kappa shape index (κ3) is 2.83. The Balaban J connectivity index is 1.73. The van der Waals surface area contributed by atoms with Crippen molar-refractivity contribution in [3.05, 3.63) is 23.8 Å². The van der Waals surface area contributed by atoms with Crippen LogP contribution in [0.2, 0.25) is 0 Å². The lowest BCUT2D eigenvalue weighted by Gasteiger charge is -2.29. The van der Waals surface area contributed by atoms with Crippen LogP contribution in [0.15, 0.2) is 18.2 Å². The molecule has 1 heterocycles. The average molecular weight is 291 g/mol. The Morgan fingerprint density at radius 3 is 3.00 bits per heavy atom. The first-order chi connectivity index (χ1) is 10.1. The number of hydrogen-bond acceptors (Lipinski definition) is 4. The van der Waals surface area contributed by atoms with Gasteiger partial charge in [0.25, 0.3) is 0 Å². The van der Waals surface area contributed by atoms with Gasteiger partial charge in [-0.2, -0.15) is 0 Å². The molecule has 1 saturated carbocycles. The highest BCUT2D eigenvalue weighted by Gasteiger charge is 2.50. The zero-order valence-corrected chi connectivity index (χ0v) is 12.3. The predicted octanol–water partition coefficient (Wildman–Crippen LogP) is 1.72. The van der Waals surface area contributed by atoms with E-state index < -0.39 is 0 Å². The molecule has 0 radical (unpaired) electrons. The number of carbonyl (C=O) groups excluding carboxylic acids is 1. The minimum atomic E-state index is -0.0470. The van der Waals surface area contributed by atoms with Crippen LogP contribution in [0.4, 0.5) is 0 Å². The Kier molecular flexibility index (Phi) is 3.76. The summed E-state index contributed by atoms with van der Waals surface area (Å²) in [7, 11) is 1.51. The van der Waals surface area contributed by atoms with Gasteiger partial charge in [0, 0.05) is 13.2 Å². The molecule has 2 fully saturated rings. The number of methoxy groups -OCH3 is 1. The molecule has 0 aromatic heterocycles. The summed E-state index contributed by atoms with van der Waals surface area (Å²) < 4.78 is 10.7. The zero-order valence-electron chi connectivity index (χ0n) is 12.3. The van der Waals surface area contributed by atoms with Crippen molar-refractivity contribution in [2.24, 2.45) is 0 Å². The summed E-state index contributed by atoms with van der Waals surface area (Å²) in [6.07, 6.45) is 3.31. The fraction of sp³-hybridized carbons (Fsp3) is 0.562. The first kappa shape index (κ1) is 14.2. The summed E-state index contributed by atoms with van der Waals surface area (Å²) in [5.74, 6) is 0.627. The molecule has 1 aliphatic heterocycles. The molecule has 1 aromatic carbocycles. The van der Waals surface area contributed by atoms with Gasteiger partial charge in [0.1, 0.15) is 0 Å². The summed E-state index contributed by atoms with van der Waals surface area (Å²) in [5, 5.41) is 9.61. The van der Waals surface area contributed by atoms with E-state index in [1.165, 1.54) is 7.11 Å². The summed E-state index contributed by atoms with van der Waals surface area (Å²) in [6, 6.07) is 5.06. The molecule has 1 aromatic rings. The molecule has 1 spiro atoms. The smallest absolute Gasteiger partial charge is 0.227 e. The van der Waals surface area contributed by atoms with E-state index in [1.807, 2.05) is 4.90 Å². The first-order valence-electron chi connectivity index (χ1n) is 7.39. The van der Waals surface area contributed by atoms with Crippen molar-refractivity contribution < 1.29 is 19.4 Å². The lowest BCUT2D eigenvalue weighted by Crippen LogP contribution is -2.44. The van der Waals surface area contributed by atoms with Crippen LogP contribution in [-0.4, -0.2) is 48.3 Å². The quantitative estimate of drug-likeness (QED) is 0.921. The van der Waals surface area contributed by atoms with Gasteiger partial charge in [-0.05, 0) is 37.0 Å². The second kappa shape index (κ2) is 5.56. The van der Waals surface area contributed by atoms with Crippen LogP contribution in [0.25, 0.3) is 0 Å². The molecule has 1 amide bonds. The molecule has 1 aliphatic carbocycles. The topological polar surface area (TPSA) is 59.0 Å². The largest absolute Gasteiger partial charge is 0.504 e. The summed E-state index contributed by atoms with van der Waals surface area (Å²) >= 11 is 0. The molecule has 0 bridgehead atoms. The van der Waals surface area contributed by atoms with E-state index in [-0.39, 0.29) is 17.2 Å². The maximum Gasteiger partial charge on any atom is 0.227 e. The third-order valence-corrected chi connectivity index (χ3v) is 4.34. The van der Waals surface area contributed by atoms with E-state index in [1.54, 1.807) is 18.2 Å². The van der Waals surface area contributed by atoms with Crippen molar-refractivity contribution in [2.45, 2.75) is 31.2 Å². The SMILES string of the molecule is COc1cc(CC(=O)N2CCCOCC23CC3)ccc1O. The predicted molar refractivity (Wildman–Crippen MR) is 77.5 cm³/mol. The number of amides is 1. The number of ether oxygens (including phenoxy) is 2. The molecular formula is C16H21NO4. The zero-order chi connectivity index (χ0) is 14.9. The summed E-state index contributed by atoms with van der Waals surface area (Å²) in [5.41, 5.74) is 0.810. The lowest BCUT2D eigenvalue weighted by atomic mass is 10.1. The van der Waals surface area contributed by atoms with Gasteiger partial charge in [-0.3, -0.25) is 4.79 Å². The Morgan fingerprint density at radius 1 is 1.48 bits per heavy atom. The van der Waals surface area contributed by atoms with E-state index in [9.17, 15) is 9.90 Å². The van der Waals surface area contributed by atoms with Gasteiger partial charge in [-0.15, -0.1) is 0 Å². The molecule has 21 heavy (non-hydrogen) atoms. The lowest BCUT2D eigenvalue weighted by molar-refractivity contribution is -0.134. The molecule has 5 nitrogen and oxygen atoms in total. The van der Waals surface area contributed by atoms with E-state index in [0.29, 0.717) is 18.8 Å². The molecule has 1 N–H and O–H groups in total. The number of phenols is 1. The summed E-state index contributed by atoms with van der Waals surface area (Å²) in [4.78, 5) is 14.6. The van der Waals surface area contributed by atoms with Gasteiger partial charge < -0.3 is 19.5 Å². The van der Waals surface area contributed by atoms with E-state index >= 15 is 0 Å². The van der Waals surface area contributed by atoms with Crippen molar-refractivity contribution in [3.63, 3.8) is 0 Å². The fourth-order valence-corrected chi connectivity index (χ4v) is 2.95. The molecule has 2 aliphatic rings. The standard InChI is InChI=1S/C16H21NO4/c1-20-14-9-12(3-4-13(14)18)10-15(19)17-7-2-8-21-11-16(17)5-6-16/h3-4,9,18H,2,5-8,10-11H2,1H3. The highest BCUT2D eigenvalue weighted by atomic mass is 16.5. The monoisotopic (exact) mass is 291 g/mol. The average Bonchev–Trinajstić information content (AvgIpc) is 3.28. The van der Waals surface area contributed by atoms with Crippen LogP contribution in [0.1, 0.15) is 24.8 Å². The van der Waals surface area contributed by atoms with Crippen LogP contribution in [-0.2, 0) is 16.0 Å². The third-order valence-electron chi connectivity index (χ3n) is 4.34. The molecule has 0 unspecified atom stereocenters.